The number of rotatable bonds is 15. The van der Waals surface area contributed by atoms with Crippen molar-refractivity contribution in [3.8, 4) is 0 Å². The summed E-state index contributed by atoms with van der Waals surface area (Å²) in [4.78, 5) is 55.2. The highest BCUT2D eigenvalue weighted by Crippen LogP contribution is 2.17. The van der Waals surface area contributed by atoms with Crippen LogP contribution in [-0.4, -0.2) is 70.6 Å². The van der Waals surface area contributed by atoms with Gasteiger partial charge in [-0.25, -0.2) is 9.86 Å². The van der Waals surface area contributed by atoms with Crippen LogP contribution in [0.4, 0.5) is 0 Å². The molecule has 0 radical (unpaired) electrons. The highest BCUT2D eigenvalue weighted by Gasteiger charge is 2.33. The van der Waals surface area contributed by atoms with Crippen LogP contribution in [0.5, 0.6) is 0 Å². The molecule has 1 aromatic carbocycles. The summed E-state index contributed by atoms with van der Waals surface area (Å²) in [6.07, 6.45) is 4.14. The minimum absolute atomic E-state index is 0.00630. The number of aryl methyl sites for hydroxylation is 1. The Morgan fingerprint density at radius 2 is 2.00 bits per heavy atom. The molecule has 9 nitrogen and oxygen atoms in total. The summed E-state index contributed by atoms with van der Waals surface area (Å²) in [5, 5.41) is 16.4. The Morgan fingerprint density at radius 1 is 1.29 bits per heavy atom. The number of hydrogen-bond acceptors (Lipinski definition) is 6. The maximum absolute atomic E-state index is 13.1. The molecule has 0 aromatic heterocycles. The van der Waals surface area contributed by atoms with E-state index in [-0.39, 0.29) is 37.2 Å². The first kappa shape index (κ1) is 28.6. The molecular weight excluding hydrogens is 470 g/mol. The molecule has 10 heteroatoms. The average molecular weight is 508 g/mol. The smallest absolute Gasteiger partial charge is 0.329 e. The number of thioether (sulfide) groups is 1. The minimum Gasteiger partial charge on any atom is -0.480 e. The van der Waals surface area contributed by atoms with Crippen LogP contribution in [0.3, 0.4) is 0 Å². The highest BCUT2D eigenvalue weighted by molar-refractivity contribution is 7.98. The predicted molar refractivity (Wildman–Crippen MR) is 135 cm³/mol. The van der Waals surface area contributed by atoms with Crippen LogP contribution in [-0.2, 0) is 30.4 Å². The lowest BCUT2D eigenvalue weighted by atomic mass is 9.99. The van der Waals surface area contributed by atoms with Crippen LogP contribution < -0.4 is 10.6 Å². The Hall–Kier alpha value is -2.59. The van der Waals surface area contributed by atoms with E-state index in [1.54, 1.807) is 0 Å². The summed E-state index contributed by atoms with van der Waals surface area (Å²) in [7, 11) is 0. The number of carbonyl (C=O) groups is 4. The van der Waals surface area contributed by atoms with Crippen LogP contribution in [0.1, 0.15) is 51.5 Å². The number of carboxylic acid groups (broad SMARTS) is 1. The molecule has 0 bridgehead atoms. The van der Waals surface area contributed by atoms with E-state index in [2.05, 4.69) is 10.6 Å². The van der Waals surface area contributed by atoms with Crippen molar-refractivity contribution >= 4 is 35.5 Å². The molecule has 35 heavy (non-hydrogen) atoms. The first-order chi connectivity index (χ1) is 16.8. The van der Waals surface area contributed by atoms with Crippen LogP contribution in [0.15, 0.2) is 30.3 Å². The molecule has 1 saturated heterocycles. The molecule has 0 aliphatic carbocycles. The van der Waals surface area contributed by atoms with Crippen LogP contribution in [0.25, 0.3) is 0 Å². The molecule has 3 N–H and O–H groups in total. The van der Waals surface area contributed by atoms with E-state index in [1.165, 1.54) is 11.8 Å². The van der Waals surface area contributed by atoms with Gasteiger partial charge in [-0.15, -0.1) is 0 Å². The molecule has 4 atom stereocenters. The number of nitrogens with one attached hydrogen (secondary N) is 2. The molecule has 0 saturated carbocycles. The number of hydrogen-bond donors (Lipinski definition) is 3. The fraction of sp³-hybridized carbons (Fsp3) is 0.600. The molecular formula is C25H37N3O6S. The van der Waals surface area contributed by atoms with Gasteiger partial charge in [0.2, 0.25) is 17.7 Å². The number of carbonyl (C=O) groups excluding carboxylic acids is 3. The fourth-order valence-corrected chi connectivity index (χ4v) is 4.26. The molecule has 2 rings (SSSR count). The summed E-state index contributed by atoms with van der Waals surface area (Å²) >= 11 is 1.49. The zero-order valence-corrected chi connectivity index (χ0v) is 21.5. The lowest BCUT2D eigenvalue weighted by molar-refractivity contribution is -0.210. The van der Waals surface area contributed by atoms with Crippen LogP contribution >= 0.6 is 11.8 Å². The van der Waals surface area contributed by atoms with Crippen molar-refractivity contribution in [1.29, 1.82) is 0 Å². The first-order valence-electron chi connectivity index (χ1n) is 12.1. The SMILES string of the molecule is CC[C@H](C)[C@@H](CON(C(=O)CCc1ccccc1)[C@@H](CCSC)C(=O)O)NC(=O)[C@@H]1CCC(=O)N1. The number of benzene rings is 1. The Bertz CT molecular complexity index is 853. The van der Waals surface area contributed by atoms with Gasteiger partial charge in [0.05, 0.1) is 12.6 Å². The van der Waals surface area contributed by atoms with Crippen molar-refractivity contribution < 1.29 is 29.1 Å². The highest BCUT2D eigenvalue weighted by atomic mass is 32.2. The summed E-state index contributed by atoms with van der Waals surface area (Å²) < 4.78 is 0. The predicted octanol–water partition coefficient (Wildman–Crippen LogP) is 2.40. The molecule has 0 unspecified atom stereocenters. The van der Waals surface area contributed by atoms with E-state index in [9.17, 15) is 24.3 Å². The molecule has 0 spiro atoms. The summed E-state index contributed by atoms with van der Waals surface area (Å²) in [5.74, 6) is -1.45. The maximum Gasteiger partial charge on any atom is 0.329 e. The molecule has 1 heterocycles. The van der Waals surface area contributed by atoms with Gasteiger partial charge in [0.25, 0.3) is 0 Å². The molecule has 1 aliphatic rings. The summed E-state index contributed by atoms with van der Waals surface area (Å²) in [6.45, 7) is 3.87. The van der Waals surface area contributed by atoms with Gasteiger partial charge in [-0.3, -0.25) is 19.2 Å². The second-order valence-electron chi connectivity index (χ2n) is 8.80. The Labute approximate surface area is 211 Å². The van der Waals surface area contributed by atoms with Crippen LogP contribution in [0.2, 0.25) is 0 Å². The number of aliphatic carboxylic acids is 1. The van der Waals surface area contributed by atoms with E-state index in [4.69, 9.17) is 4.84 Å². The summed E-state index contributed by atoms with van der Waals surface area (Å²) in [6, 6.07) is 7.32. The second kappa shape index (κ2) is 14.7. The van der Waals surface area contributed by atoms with Gasteiger partial charge in [-0.05, 0) is 42.8 Å². The van der Waals surface area contributed by atoms with Gasteiger partial charge in [0, 0.05) is 12.8 Å². The molecule has 3 amide bonds. The van der Waals surface area contributed by atoms with Crippen molar-refractivity contribution in [3.05, 3.63) is 35.9 Å². The van der Waals surface area contributed by atoms with E-state index >= 15 is 0 Å². The Balaban J connectivity index is 2.12. The first-order valence-corrected chi connectivity index (χ1v) is 13.5. The number of carboxylic acids is 1. The Morgan fingerprint density at radius 3 is 2.57 bits per heavy atom. The van der Waals surface area contributed by atoms with Crippen molar-refractivity contribution in [2.75, 3.05) is 18.6 Å². The van der Waals surface area contributed by atoms with E-state index in [0.29, 0.717) is 25.0 Å². The zero-order chi connectivity index (χ0) is 25.8. The van der Waals surface area contributed by atoms with Crippen molar-refractivity contribution in [3.63, 3.8) is 0 Å². The van der Waals surface area contributed by atoms with Crippen molar-refractivity contribution in [2.24, 2.45) is 5.92 Å². The van der Waals surface area contributed by atoms with E-state index in [1.807, 2.05) is 50.4 Å². The van der Waals surface area contributed by atoms with Gasteiger partial charge in [0.1, 0.15) is 6.04 Å². The Kier molecular flexibility index (Phi) is 12.1. The normalized spacial score (nSPS) is 17.8. The third-order valence-corrected chi connectivity index (χ3v) is 6.89. The molecule has 1 fully saturated rings. The van der Waals surface area contributed by atoms with Gasteiger partial charge >= 0.3 is 5.97 Å². The molecule has 1 aromatic rings. The lowest BCUT2D eigenvalue weighted by Crippen LogP contribution is -2.52. The monoisotopic (exact) mass is 507 g/mol. The topological polar surface area (TPSA) is 125 Å². The second-order valence-corrected chi connectivity index (χ2v) is 9.78. The number of amides is 3. The fourth-order valence-electron chi connectivity index (χ4n) is 3.80. The maximum atomic E-state index is 13.1. The zero-order valence-electron chi connectivity index (χ0n) is 20.7. The van der Waals surface area contributed by atoms with E-state index in [0.717, 1.165) is 17.0 Å². The number of hydroxylamine groups is 2. The van der Waals surface area contributed by atoms with Crippen LogP contribution in [0, 0.1) is 5.92 Å². The third kappa shape index (κ3) is 9.18. The number of nitrogens with zero attached hydrogens (tertiary/aromatic N) is 1. The van der Waals surface area contributed by atoms with Gasteiger partial charge in [0.15, 0.2) is 6.04 Å². The van der Waals surface area contributed by atoms with Gasteiger partial charge in [-0.1, -0.05) is 50.6 Å². The lowest BCUT2D eigenvalue weighted by Gasteiger charge is -2.32. The van der Waals surface area contributed by atoms with Gasteiger partial charge in [-0.2, -0.15) is 11.8 Å². The van der Waals surface area contributed by atoms with Gasteiger partial charge < -0.3 is 15.7 Å². The standard InChI is InChI=1S/C25H37N3O6S/c1-4-17(2)20(27-24(31)19-11-12-22(29)26-19)16-34-28(21(25(32)33)14-15-35-3)23(30)13-10-18-8-6-5-7-9-18/h5-9,17,19-21H,4,10-16H2,1-3H3,(H,26,29)(H,27,31)(H,32,33)/t17-,19-,20+,21-/m0/s1. The molecule has 194 valence electrons. The van der Waals surface area contributed by atoms with Crippen molar-refractivity contribution in [2.45, 2.75) is 70.5 Å². The summed E-state index contributed by atoms with van der Waals surface area (Å²) in [5.41, 5.74) is 0.972. The minimum atomic E-state index is -1.13. The quantitative estimate of drug-likeness (QED) is 0.311. The average Bonchev–Trinajstić information content (AvgIpc) is 3.29. The molecule has 1 aliphatic heterocycles. The van der Waals surface area contributed by atoms with Crippen molar-refractivity contribution in [1.82, 2.24) is 15.7 Å². The van der Waals surface area contributed by atoms with E-state index < -0.39 is 30.0 Å². The third-order valence-electron chi connectivity index (χ3n) is 6.24. The largest absolute Gasteiger partial charge is 0.480 e.